The predicted molar refractivity (Wildman–Crippen MR) is 70.2 cm³/mol. The summed E-state index contributed by atoms with van der Waals surface area (Å²) in [6.07, 6.45) is 2.37. The van der Waals surface area contributed by atoms with Crippen molar-refractivity contribution in [3.8, 4) is 0 Å². The summed E-state index contributed by atoms with van der Waals surface area (Å²) in [7, 11) is 1.73. The minimum Gasteiger partial charge on any atom is -0.385 e. The van der Waals surface area contributed by atoms with E-state index < -0.39 is 0 Å². The molecule has 1 rings (SSSR count). The highest BCUT2D eigenvalue weighted by atomic mass is 16.5. The third-order valence-electron chi connectivity index (χ3n) is 3.06. The molecule has 4 nitrogen and oxygen atoms in total. The Labute approximate surface area is 105 Å². The number of nitrogens with zero attached hydrogens (tertiary/aromatic N) is 1. The second-order valence-electron chi connectivity index (χ2n) is 5.78. The predicted octanol–water partition coefficient (Wildman–Crippen LogP) is 1.24. The van der Waals surface area contributed by atoms with Crippen LogP contribution in [-0.2, 0) is 9.47 Å². The van der Waals surface area contributed by atoms with Crippen LogP contribution in [0.1, 0.15) is 33.6 Å². The van der Waals surface area contributed by atoms with E-state index in [4.69, 9.17) is 15.2 Å². The quantitative estimate of drug-likeness (QED) is 0.714. The van der Waals surface area contributed by atoms with E-state index in [1.54, 1.807) is 7.11 Å². The van der Waals surface area contributed by atoms with Crippen LogP contribution in [0.25, 0.3) is 0 Å². The van der Waals surface area contributed by atoms with Gasteiger partial charge in [0.05, 0.1) is 11.7 Å². The van der Waals surface area contributed by atoms with Crippen molar-refractivity contribution in [1.29, 1.82) is 0 Å². The summed E-state index contributed by atoms with van der Waals surface area (Å²) in [5, 5.41) is 0. The van der Waals surface area contributed by atoms with Gasteiger partial charge >= 0.3 is 0 Å². The average Bonchev–Trinajstić information content (AvgIpc) is 2.14. The lowest BCUT2D eigenvalue weighted by atomic mass is 10.0. The SMILES string of the molecule is COCCCC(N)CN1CC(C)OC(C)(C)C1. The van der Waals surface area contributed by atoms with Gasteiger partial charge < -0.3 is 15.2 Å². The van der Waals surface area contributed by atoms with Crippen molar-refractivity contribution in [3.05, 3.63) is 0 Å². The van der Waals surface area contributed by atoms with Gasteiger partial charge in [0.2, 0.25) is 0 Å². The molecule has 0 aromatic carbocycles. The van der Waals surface area contributed by atoms with E-state index >= 15 is 0 Å². The Balaban J connectivity index is 2.30. The maximum atomic E-state index is 6.14. The minimum absolute atomic E-state index is 0.0517. The van der Waals surface area contributed by atoms with Gasteiger partial charge in [-0.15, -0.1) is 0 Å². The number of ether oxygens (including phenoxy) is 2. The van der Waals surface area contributed by atoms with Crippen molar-refractivity contribution in [2.75, 3.05) is 33.4 Å². The second-order valence-corrected chi connectivity index (χ2v) is 5.78. The van der Waals surface area contributed by atoms with Gasteiger partial charge in [-0.05, 0) is 33.6 Å². The summed E-state index contributed by atoms with van der Waals surface area (Å²) in [5.41, 5.74) is 6.09. The van der Waals surface area contributed by atoms with Gasteiger partial charge in [0.25, 0.3) is 0 Å². The first-order valence-corrected chi connectivity index (χ1v) is 6.57. The number of hydrogen-bond acceptors (Lipinski definition) is 4. The number of morpholine rings is 1. The van der Waals surface area contributed by atoms with Crippen LogP contribution in [0.15, 0.2) is 0 Å². The third kappa shape index (κ3) is 5.82. The van der Waals surface area contributed by atoms with Crippen LogP contribution in [-0.4, -0.2) is 56.0 Å². The Kier molecular flexibility index (Phi) is 5.86. The smallest absolute Gasteiger partial charge is 0.0757 e. The van der Waals surface area contributed by atoms with Gasteiger partial charge in [-0.3, -0.25) is 4.90 Å². The molecule has 0 aromatic rings. The monoisotopic (exact) mass is 244 g/mol. The van der Waals surface area contributed by atoms with Gasteiger partial charge in [0.1, 0.15) is 0 Å². The van der Waals surface area contributed by atoms with Gasteiger partial charge in [-0.25, -0.2) is 0 Å². The van der Waals surface area contributed by atoms with E-state index in [-0.39, 0.29) is 11.6 Å². The molecular weight excluding hydrogens is 216 g/mol. The first-order chi connectivity index (χ1) is 7.93. The number of nitrogens with two attached hydrogens (primary N) is 1. The van der Waals surface area contributed by atoms with E-state index in [2.05, 4.69) is 25.7 Å². The van der Waals surface area contributed by atoms with Crippen LogP contribution >= 0.6 is 0 Å². The molecule has 1 heterocycles. The van der Waals surface area contributed by atoms with Crippen LogP contribution in [0, 0.1) is 0 Å². The molecule has 0 saturated carbocycles. The van der Waals surface area contributed by atoms with Gasteiger partial charge in [-0.1, -0.05) is 0 Å². The molecule has 0 amide bonds. The highest BCUT2D eigenvalue weighted by Crippen LogP contribution is 2.20. The summed E-state index contributed by atoms with van der Waals surface area (Å²) in [4.78, 5) is 2.42. The Bertz CT molecular complexity index is 221. The second kappa shape index (κ2) is 6.69. The average molecular weight is 244 g/mol. The molecular formula is C13H28N2O2. The van der Waals surface area contributed by atoms with Crippen molar-refractivity contribution in [1.82, 2.24) is 4.90 Å². The zero-order valence-corrected chi connectivity index (χ0v) is 11.7. The van der Waals surface area contributed by atoms with Crippen molar-refractivity contribution in [2.24, 2.45) is 5.73 Å². The normalized spacial score (nSPS) is 27.0. The Hall–Kier alpha value is -0.160. The Morgan fingerprint density at radius 1 is 1.53 bits per heavy atom. The standard InChI is InChI=1S/C13H28N2O2/c1-11-8-15(10-13(2,3)17-11)9-12(14)6-5-7-16-4/h11-12H,5-10,14H2,1-4H3. The fourth-order valence-electron chi connectivity index (χ4n) is 2.64. The highest BCUT2D eigenvalue weighted by molar-refractivity contribution is 4.84. The maximum absolute atomic E-state index is 6.14. The molecule has 0 bridgehead atoms. The number of rotatable bonds is 6. The molecule has 102 valence electrons. The third-order valence-corrected chi connectivity index (χ3v) is 3.06. The highest BCUT2D eigenvalue weighted by Gasteiger charge is 2.31. The lowest BCUT2D eigenvalue weighted by Gasteiger charge is -2.42. The van der Waals surface area contributed by atoms with E-state index in [1.807, 2.05) is 0 Å². The van der Waals surface area contributed by atoms with Crippen molar-refractivity contribution in [3.63, 3.8) is 0 Å². The maximum Gasteiger partial charge on any atom is 0.0757 e. The molecule has 1 aliphatic heterocycles. The molecule has 0 spiro atoms. The van der Waals surface area contributed by atoms with Crippen molar-refractivity contribution < 1.29 is 9.47 Å². The zero-order chi connectivity index (χ0) is 12.9. The summed E-state index contributed by atoms with van der Waals surface area (Å²) in [5.74, 6) is 0. The summed E-state index contributed by atoms with van der Waals surface area (Å²) < 4.78 is 10.9. The molecule has 0 radical (unpaired) electrons. The number of methoxy groups -OCH3 is 1. The topological polar surface area (TPSA) is 47.7 Å². The fourth-order valence-corrected chi connectivity index (χ4v) is 2.64. The molecule has 1 aliphatic rings. The lowest BCUT2D eigenvalue weighted by molar-refractivity contribution is -0.129. The lowest BCUT2D eigenvalue weighted by Crippen LogP contribution is -2.54. The molecule has 1 saturated heterocycles. The molecule has 2 atom stereocenters. The van der Waals surface area contributed by atoms with Crippen LogP contribution in [0.2, 0.25) is 0 Å². The number of hydrogen-bond donors (Lipinski definition) is 1. The van der Waals surface area contributed by atoms with Crippen LogP contribution in [0.5, 0.6) is 0 Å². The summed E-state index contributed by atoms with van der Waals surface area (Å²) >= 11 is 0. The van der Waals surface area contributed by atoms with Crippen molar-refractivity contribution in [2.45, 2.75) is 51.4 Å². The molecule has 2 N–H and O–H groups in total. The first-order valence-electron chi connectivity index (χ1n) is 6.57. The van der Waals surface area contributed by atoms with E-state index in [9.17, 15) is 0 Å². The van der Waals surface area contributed by atoms with Gasteiger partial charge in [-0.2, -0.15) is 0 Å². The Morgan fingerprint density at radius 3 is 2.82 bits per heavy atom. The van der Waals surface area contributed by atoms with Crippen LogP contribution in [0.3, 0.4) is 0 Å². The molecule has 1 fully saturated rings. The molecule has 2 unspecified atom stereocenters. The van der Waals surface area contributed by atoms with Crippen molar-refractivity contribution >= 4 is 0 Å². The largest absolute Gasteiger partial charge is 0.385 e. The fraction of sp³-hybridized carbons (Fsp3) is 1.00. The zero-order valence-electron chi connectivity index (χ0n) is 11.7. The van der Waals surface area contributed by atoms with Gasteiger partial charge in [0.15, 0.2) is 0 Å². The molecule has 0 aliphatic carbocycles. The first kappa shape index (κ1) is 14.9. The Morgan fingerprint density at radius 2 is 2.24 bits per heavy atom. The van der Waals surface area contributed by atoms with Crippen LogP contribution in [0.4, 0.5) is 0 Å². The van der Waals surface area contributed by atoms with Gasteiger partial charge in [0, 0.05) is 39.4 Å². The van der Waals surface area contributed by atoms with E-state index in [0.717, 1.165) is 39.1 Å². The van der Waals surface area contributed by atoms with E-state index in [1.165, 1.54) is 0 Å². The summed E-state index contributed by atoms with van der Waals surface area (Å²) in [6, 6.07) is 0.242. The molecule has 0 aromatic heterocycles. The molecule has 17 heavy (non-hydrogen) atoms. The minimum atomic E-state index is -0.0517. The molecule has 4 heteroatoms. The van der Waals surface area contributed by atoms with Crippen LogP contribution < -0.4 is 5.73 Å². The summed E-state index contributed by atoms with van der Waals surface area (Å²) in [6.45, 7) is 10.1. The van der Waals surface area contributed by atoms with E-state index in [0.29, 0.717) is 6.10 Å².